The first-order chi connectivity index (χ1) is 12.9. The zero-order valence-corrected chi connectivity index (χ0v) is 16.1. The quantitative estimate of drug-likeness (QED) is 0.492. The van der Waals surface area contributed by atoms with Crippen LogP contribution in [-0.2, 0) is 0 Å². The number of benzene rings is 2. The summed E-state index contributed by atoms with van der Waals surface area (Å²) < 4.78 is 28.7. The van der Waals surface area contributed by atoms with Crippen molar-refractivity contribution in [3.8, 4) is 23.7 Å². The molecule has 2 heteroatoms. The normalized spacial score (nSPS) is 18.9. The third kappa shape index (κ3) is 4.99. The second-order valence-electron chi connectivity index (χ2n) is 7.59. The minimum Gasteiger partial charge on any atom is -0.205 e. The van der Waals surface area contributed by atoms with E-state index in [-0.39, 0.29) is 5.56 Å². The molecule has 0 radical (unpaired) electrons. The van der Waals surface area contributed by atoms with Gasteiger partial charge in [0.05, 0.1) is 5.56 Å². The zero-order chi connectivity index (χ0) is 19.4. The van der Waals surface area contributed by atoms with Gasteiger partial charge in [-0.2, -0.15) is 0 Å². The van der Waals surface area contributed by atoms with Crippen molar-refractivity contribution in [3.05, 3.63) is 69.8 Å². The number of rotatable bonds is 0. The van der Waals surface area contributed by atoms with Gasteiger partial charge in [-0.3, -0.25) is 0 Å². The van der Waals surface area contributed by atoms with E-state index < -0.39 is 11.6 Å². The molecule has 3 rings (SSSR count). The van der Waals surface area contributed by atoms with Crippen molar-refractivity contribution in [1.82, 2.24) is 0 Å². The Balaban J connectivity index is 1.80. The summed E-state index contributed by atoms with van der Waals surface area (Å²) >= 11 is 0. The molecule has 0 unspecified atom stereocenters. The minimum atomic E-state index is -0.659. The molecule has 0 aromatic heterocycles. The van der Waals surface area contributed by atoms with Crippen LogP contribution in [0.3, 0.4) is 0 Å². The van der Waals surface area contributed by atoms with E-state index >= 15 is 0 Å². The van der Waals surface area contributed by atoms with Crippen molar-refractivity contribution >= 4 is 0 Å². The molecule has 27 heavy (non-hydrogen) atoms. The topological polar surface area (TPSA) is 0 Å². The lowest BCUT2D eigenvalue weighted by molar-refractivity contribution is 0.337. The molecule has 2 aromatic rings. The lowest BCUT2D eigenvalue weighted by atomic mass is 9.83. The maximum atomic E-state index is 14.4. The highest BCUT2D eigenvalue weighted by Gasteiger charge is 2.16. The summed E-state index contributed by atoms with van der Waals surface area (Å²) in [5.41, 5.74) is 3.18. The van der Waals surface area contributed by atoms with Gasteiger partial charge in [0, 0.05) is 17.0 Å². The van der Waals surface area contributed by atoms with Gasteiger partial charge < -0.3 is 0 Å². The van der Waals surface area contributed by atoms with E-state index in [9.17, 15) is 8.78 Å². The highest BCUT2D eigenvalue weighted by Crippen LogP contribution is 2.27. The maximum absolute atomic E-state index is 14.4. The molecule has 0 bridgehead atoms. The van der Waals surface area contributed by atoms with Crippen molar-refractivity contribution in [2.75, 3.05) is 0 Å². The van der Waals surface area contributed by atoms with Crippen molar-refractivity contribution in [2.24, 2.45) is 11.8 Å². The van der Waals surface area contributed by atoms with E-state index in [0.29, 0.717) is 11.5 Å². The predicted molar refractivity (Wildman–Crippen MR) is 106 cm³/mol. The van der Waals surface area contributed by atoms with Crippen molar-refractivity contribution in [2.45, 2.75) is 46.5 Å². The zero-order valence-electron chi connectivity index (χ0n) is 16.1. The van der Waals surface area contributed by atoms with Gasteiger partial charge >= 0.3 is 0 Å². The summed E-state index contributed by atoms with van der Waals surface area (Å²) in [5.74, 6) is 11.4. The number of aryl methyl sites for hydroxylation is 2. The molecular weight excluding hydrogens is 338 g/mol. The van der Waals surface area contributed by atoms with E-state index in [0.717, 1.165) is 35.4 Å². The molecule has 1 aliphatic rings. The first kappa shape index (κ1) is 19.2. The van der Waals surface area contributed by atoms with Crippen molar-refractivity contribution in [1.29, 1.82) is 0 Å². The standard InChI is InChI=1S/C25H24F2/c1-17-4-7-20(8-5-17)10-11-22-15-24(26)23(25(27)16-22)13-12-21-9-6-18(2)19(3)14-21/h6,9,14-17,20H,4-5,7-8H2,1-3H3. The molecule has 1 saturated carbocycles. The lowest BCUT2D eigenvalue weighted by Gasteiger charge is -2.21. The third-order valence-corrected chi connectivity index (χ3v) is 5.32. The van der Waals surface area contributed by atoms with Gasteiger partial charge in [-0.05, 0) is 80.8 Å². The van der Waals surface area contributed by atoms with Gasteiger partial charge in [-0.1, -0.05) is 36.7 Å². The molecule has 0 atom stereocenters. The Labute approximate surface area is 161 Å². The minimum absolute atomic E-state index is 0.203. The summed E-state index contributed by atoms with van der Waals surface area (Å²) in [7, 11) is 0. The maximum Gasteiger partial charge on any atom is 0.143 e. The fraction of sp³-hybridized carbons (Fsp3) is 0.360. The van der Waals surface area contributed by atoms with Crippen LogP contribution in [-0.4, -0.2) is 0 Å². The molecular formula is C25H24F2. The molecule has 0 nitrogen and oxygen atoms in total. The van der Waals surface area contributed by atoms with Crippen LogP contribution in [0.2, 0.25) is 0 Å². The summed E-state index contributed by atoms with van der Waals surface area (Å²) in [4.78, 5) is 0. The van der Waals surface area contributed by atoms with E-state index in [2.05, 4.69) is 30.6 Å². The Bertz CT molecular complexity index is 932. The Morgan fingerprint density at radius 2 is 1.44 bits per heavy atom. The van der Waals surface area contributed by atoms with Crippen LogP contribution in [0, 0.1) is 61.0 Å². The molecule has 1 fully saturated rings. The highest BCUT2D eigenvalue weighted by molar-refractivity contribution is 5.48. The lowest BCUT2D eigenvalue weighted by Crippen LogP contribution is -2.10. The van der Waals surface area contributed by atoms with Crippen LogP contribution in [0.5, 0.6) is 0 Å². The second kappa shape index (κ2) is 8.41. The fourth-order valence-electron chi connectivity index (χ4n) is 3.31. The van der Waals surface area contributed by atoms with Crippen LogP contribution in [0.15, 0.2) is 30.3 Å². The number of hydrogen-bond donors (Lipinski definition) is 0. The average Bonchev–Trinajstić information content (AvgIpc) is 2.63. The molecule has 0 amide bonds. The third-order valence-electron chi connectivity index (χ3n) is 5.32. The van der Waals surface area contributed by atoms with E-state index in [4.69, 9.17) is 0 Å². The summed E-state index contributed by atoms with van der Waals surface area (Å²) in [6.07, 6.45) is 4.49. The van der Waals surface area contributed by atoms with E-state index in [1.165, 1.54) is 25.0 Å². The van der Waals surface area contributed by atoms with Crippen molar-refractivity contribution < 1.29 is 8.78 Å². The molecule has 0 saturated heterocycles. The van der Waals surface area contributed by atoms with Gasteiger partial charge in [0.1, 0.15) is 11.6 Å². The molecule has 138 valence electrons. The Kier molecular flexibility index (Phi) is 5.98. The highest BCUT2D eigenvalue weighted by atomic mass is 19.1. The summed E-state index contributed by atoms with van der Waals surface area (Å²) in [5, 5.41) is 0. The Hall–Kier alpha value is -2.58. The molecule has 0 heterocycles. The Morgan fingerprint density at radius 1 is 0.778 bits per heavy atom. The largest absolute Gasteiger partial charge is 0.205 e. The van der Waals surface area contributed by atoms with Crippen LogP contribution < -0.4 is 0 Å². The number of hydrogen-bond acceptors (Lipinski definition) is 0. The Morgan fingerprint density at radius 3 is 2.07 bits per heavy atom. The van der Waals surface area contributed by atoms with Gasteiger partial charge in [0.25, 0.3) is 0 Å². The van der Waals surface area contributed by atoms with Crippen LogP contribution in [0.4, 0.5) is 8.78 Å². The fourth-order valence-corrected chi connectivity index (χ4v) is 3.31. The van der Waals surface area contributed by atoms with E-state index in [1.54, 1.807) is 0 Å². The van der Waals surface area contributed by atoms with Gasteiger partial charge in [-0.25, -0.2) is 8.78 Å². The van der Waals surface area contributed by atoms with Crippen LogP contribution in [0.25, 0.3) is 0 Å². The van der Waals surface area contributed by atoms with Gasteiger partial charge in [0.15, 0.2) is 0 Å². The average molecular weight is 362 g/mol. The molecule has 0 aliphatic heterocycles. The predicted octanol–water partition coefficient (Wildman–Crippen LogP) is 6.16. The first-order valence-electron chi connectivity index (χ1n) is 9.52. The van der Waals surface area contributed by atoms with Crippen LogP contribution >= 0.6 is 0 Å². The molecule has 0 N–H and O–H groups in total. The van der Waals surface area contributed by atoms with Gasteiger partial charge in [-0.15, -0.1) is 0 Å². The molecule has 1 aliphatic carbocycles. The monoisotopic (exact) mass is 362 g/mol. The molecule has 0 spiro atoms. The second-order valence-corrected chi connectivity index (χ2v) is 7.59. The smallest absolute Gasteiger partial charge is 0.143 e. The van der Waals surface area contributed by atoms with Crippen LogP contribution in [0.1, 0.15) is 60.4 Å². The molecule has 2 aromatic carbocycles. The SMILES string of the molecule is Cc1ccc(C#Cc2c(F)cc(C#CC3CCC(C)CC3)cc2F)cc1C. The van der Waals surface area contributed by atoms with Crippen molar-refractivity contribution in [3.63, 3.8) is 0 Å². The first-order valence-corrected chi connectivity index (χ1v) is 9.52. The number of halogens is 2. The van der Waals surface area contributed by atoms with Gasteiger partial charge in [0.2, 0.25) is 0 Å². The summed E-state index contributed by atoms with van der Waals surface area (Å²) in [6, 6.07) is 8.30. The van der Waals surface area contributed by atoms with E-state index in [1.807, 2.05) is 32.0 Å². The summed E-state index contributed by atoms with van der Waals surface area (Å²) in [6.45, 7) is 6.26.